The normalized spacial score (nSPS) is 10.4. The van der Waals surface area contributed by atoms with Gasteiger partial charge in [0, 0.05) is 17.6 Å². The van der Waals surface area contributed by atoms with Crippen LogP contribution in [0.15, 0.2) is 36.5 Å². The molecule has 3 nitrogen and oxygen atoms in total. The molecule has 0 aliphatic carbocycles. The molecule has 0 fully saturated rings. The van der Waals surface area contributed by atoms with Gasteiger partial charge < -0.3 is 4.74 Å². The second-order valence-electron chi connectivity index (χ2n) is 3.36. The molecule has 0 spiro atoms. The van der Waals surface area contributed by atoms with E-state index in [1.54, 1.807) is 13.3 Å². The lowest BCUT2D eigenvalue weighted by Gasteiger charge is -2.07. The fraction of sp³-hybridized carbons (Fsp3) is 0.250. The van der Waals surface area contributed by atoms with Gasteiger partial charge in [0.25, 0.3) is 0 Å². The molecular formula is C12H13ClN2O. The van der Waals surface area contributed by atoms with Crippen LogP contribution in [0.3, 0.4) is 0 Å². The van der Waals surface area contributed by atoms with Gasteiger partial charge in [-0.2, -0.15) is 5.10 Å². The number of halogens is 1. The van der Waals surface area contributed by atoms with Crippen molar-refractivity contribution >= 4 is 11.6 Å². The predicted octanol–water partition coefficient (Wildman–Crippen LogP) is 2.80. The van der Waals surface area contributed by atoms with Crippen molar-refractivity contribution < 1.29 is 4.74 Å². The molecule has 0 aliphatic rings. The summed E-state index contributed by atoms with van der Waals surface area (Å²) in [5.41, 5.74) is 2.14. The van der Waals surface area contributed by atoms with Crippen LogP contribution in [0.5, 0.6) is 5.75 Å². The Morgan fingerprint density at radius 2 is 2.25 bits per heavy atom. The van der Waals surface area contributed by atoms with Crippen molar-refractivity contribution in [3.8, 4) is 17.0 Å². The average Bonchev–Trinajstić information content (AvgIpc) is 2.78. The van der Waals surface area contributed by atoms with E-state index in [0.29, 0.717) is 12.4 Å². The van der Waals surface area contributed by atoms with E-state index in [-0.39, 0.29) is 0 Å². The topological polar surface area (TPSA) is 27.1 Å². The standard InChI is InChI=1S/C12H13ClN2O/c1-16-11-4-2-3-10(9-11)12-5-7-14-15(12)8-6-13/h2-5,7,9H,6,8H2,1H3. The van der Waals surface area contributed by atoms with Gasteiger partial charge in [0.1, 0.15) is 5.75 Å². The summed E-state index contributed by atoms with van der Waals surface area (Å²) in [5.74, 6) is 1.40. The Labute approximate surface area is 99.6 Å². The van der Waals surface area contributed by atoms with Crippen molar-refractivity contribution in [3.63, 3.8) is 0 Å². The van der Waals surface area contributed by atoms with Gasteiger partial charge in [0.15, 0.2) is 0 Å². The molecule has 0 atom stereocenters. The molecule has 0 saturated carbocycles. The lowest BCUT2D eigenvalue weighted by Crippen LogP contribution is -2.03. The van der Waals surface area contributed by atoms with Gasteiger partial charge in [-0.1, -0.05) is 12.1 Å². The summed E-state index contributed by atoms with van der Waals surface area (Å²) in [4.78, 5) is 0. The molecule has 0 N–H and O–H groups in total. The van der Waals surface area contributed by atoms with E-state index in [9.17, 15) is 0 Å². The number of hydrogen-bond donors (Lipinski definition) is 0. The van der Waals surface area contributed by atoms with Crippen molar-refractivity contribution in [2.45, 2.75) is 6.54 Å². The summed E-state index contributed by atoms with van der Waals surface area (Å²) in [5, 5.41) is 4.23. The van der Waals surface area contributed by atoms with E-state index in [1.807, 2.05) is 35.0 Å². The SMILES string of the molecule is COc1cccc(-c2ccnn2CCCl)c1. The molecule has 4 heteroatoms. The molecular weight excluding hydrogens is 224 g/mol. The highest BCUT2D eigenvalue weighted by atomic mass is 35.5. The van der Waals surface area contributed by atoms with Crippen molar-refractivity contribution in [2.24, 2.45) is 0 Å². The van der Waals surface area contributed by atoms with Crippen LogP contribution in [0.4, 0.5) is 0 Å². The van der Waals surface area contributed by atoms with Gasteiger partial charge in [-0.25, -0.2) is 0 Å². The summed E-state index contributed by atoms with van der Waals surface area (Å²) in [6, 6.07) is 9.88. The van der Waals surface area contributed by atoms with E-state index in [4.69, 9.17) is 16.3 Å². The molecule has 0 amide bonds. The summed E-state index contributed by atoms with van der Waals surface area (Å²) in [7, 11) is 1.66. The Balaban J connectivity index is 2.37. The maximum atomic E-state index is 5.73. The van der Waals surface area contributed by atoms with E-state index < -0.39 is 0 Å². The Bertz CT molecular complexity index is 468. The summed E-state index contributed by atoms with van der Waals surface area (Å²) < 4.78 is 7.09. The first-order valence-corrected chi connectivity index (χ1v) is 5.61. The lowest BCUT2D eigenvalue weighted by molar-refractivity contribution is 0.415. The zero-order chi connectivity index (χ0) is 11.4. The summed E-state index contributed by atoms with van der Waals surface area (Å²) in [6.07, 6.45) is 1.78. The van der Waals surface area contributed by atoms with Crippen molar-refractivity contribution in [1.29, 1.82) is 0 Å². The van der Waals surface area contributed by atoms with Crippen LogP contribution in [0.1, 0.15) is 0 Å². The van der Waals surface area contributed by atoms with Crippen molar-refractivity contribution in [2.75, 3.05) is 13.0 Å². The van der Waals surface area contributed by atoms with Gasteiger partial charge in [-0.05, 0) is 18.2 Å². The first kappa shape index (κ1) is 11.0. The molecule has 0 bridgehead atoms. The maximum absolute atomic E-state index is 5.73. The van der Waals surface area contributed by atoms with Crippen LogP contribution >= 0.6 is 11.6 Å². The minimum atomic E-state index is 0.554. The molecule has 2 aromatic rings. The quantitative estimate of drug-likeness (QED) is 0.764. The molecule has 0 saturated heterocycles. The highest BCUT2D eigenvalue weighted by Gasteiger charge is 2.05. The largest absolute Gasteiger partial charge is 0.497 e. The van der Waals surface area contributed by atoms with Crippen molar-refractivity contribution in [3.05, 3.63) is 36.5 Å². The van der Waals surface area contributed by atoms with Crippen LogP contribution in [-0.4, -0.2) is 22.8 Å². The van der Waals surface area contributed by atoms with Crippen LogP contribution in [0, 0.1) is 0 Å². The Morgan fingerprint density at radius 3 is 3.00 bits per heavy atom. The van der Waals surface area contributed by atoms with Gasteiger partial charge in [0.2, 0.25) is 0 Å². The smallest absolute Gasteiger partial charge is 0.119 e. The summed E-state index contributed by atoms with van der Waals surface area (Å²) >= 11 is 5.73. The summed E-state index contributed by atoms with van der Waals surface area (Å²) in [6.45, 7) is 0.709. The highest BCUT2D eigenvalue weighted by Crippen LogP contribution is 2.23. The van der Waals surface area contributed by atoms with Gasteiger partial charge in [0.05, 0.1) is 19.3 Å². The third-order valence-electron chi connectivity index (χ3n) is 2.38. The van der Waals surface area contributed by atoms with E-state index in [0.717, 1.165) is 17.0 Å². The van der Waals surface area contributed by atoms with Gasteiger partial charge in [-0.3, -0.25) is 4.68 Å². The Hall–Kier alpha value is -1.48. The third-order valence-corrected chi connectivity index (χ3v) is 2.55. The molecule has 0 unspecified atom stereocenters. The highest BCUT2D eigenvalue weighted by molar-refractivity contribution is 6.17. The van der Waals surface area contributed by atoms with Crippen LogP contribution in [0.25, 0.3) is 11.3 Å². The van der Waals surface area contributed by atoms with E-state index >= 15 is 0 Å². The first-order chi connectivity index (χ1) is 7.85. The molecule has 1 heterocycles. The number of rotatable bonds is 4. The number of nitrogens with zero attached hydrogens (tertiary/aromatic N) is 2. The van der Waals surface area contributed by atoms with Crippen LogP contribution in [-0.2, 0) is 6.54 Å². The minimum Gasteiger partial charge on any atom is -0.497 e. The number of benzene rings is 1. The lowest BCUT2D eigenvalue weighted by atomic mass is 10.1. The number of ether oxygens (including phenoxy) is 1. The number of methoxy groups -OCH3 is 1. The molecule has 2 rings (SSSR count). The maximum Gasteiger partial charge on any atom is 0.119 e. The molecule has 0 radical (unpaired) electrons. The molecule has 0 aliphatic heterocycles. The first-order valence-electron chi connectivity index (χ1n) is 5.07. The van der Waals surface area contributed by atoms with Crippen LogP contribution < -0.4 is 4.74 Å². The van der Waals surface area contributed by atoms with E-state index in [1.165, 1.54) is 0 Å². The fourth-order valence-corrected chi connectivity index (χ4v) is 1.78. The molecule has 1 aromatic carbocycles. The van der Waals surface area contributed by atoms with E-state index in [2.05, 4.69) is 5.10 Å². The molecule has 16 heavy (non-hydrogen) atoms. The second kappa shape index (κ2) is 5.03. The van der Waals surface area contributed by atoms with Crippen molar-refractivity contribution in [1.82, 2.24) is 9.78 Å². The number of alkyl halides is 1. The van der Waals surface area contributed by atoms with Gasteiger partial charge in [-0.15, -0.1) is 11.6 Å². The molecule has 84 valence electrons. The predicted molar refractivity (Wildman–Crippen MR) is 64.9 cm³/mol. The van der Waals surface area contributed by atoms with Gasteiger partial charge >= 0.3 is 0 Å². The third kappa shape index (κ3) is 2.19. The second-order valence-corrected chi connectivity index (χ2v) is 3.74. The van der Waals surface area contributed by atoms with Crippen LogP contribution in [0.2, 0.25) is 0 Å². The number of aryl methyl sites for hydroxylation is 1. The zero-order valence-electron chi connectivity index (χ0n) is 9.06. The average molecular weight is 237 g/mol. The number of hydrogen-bond acceptors (Lipinski definition) is 2. The Morgan fingerprint density at radius 1 is 1.38 bits per heavy atom. The fourth-order valence-electron chi connectivity index (χ4n) is 1.62. The Kier molecular flexibility index (Phi) is 3.47. The molecule has 1 aromatic heterocycles. The zero-order valence-corrected chi connectivity index (χ0v) is 9.81. The minimum absolute atomic E-state index is 0.554. The monoisotopic (exact) mass is 236 g/mol. The number of aromatic nitrogens is 2.